The van der Waals surface area contributed by atoms with Crippen LogP contribution in [-0.2, 0) is 11.3 Å². The number of alkyl halides is 3. The molecule has 0 radical (unpaired) electrons. The topological polar surface area (TPSA) is 56.5 Å². The average Bonchev–Trinajstić information content (AvgIpc) is 3.45. The second-order valence-electron chi connectivity index (χ2n) is 8.45. The maximum Gasteiger partial charge on any atom is 0.573 e. The number of para-hydroxylation sites is 1. The number of hydrogen-bond acceptors (Lipinski definition) is 5. The molecule has 2 aromatic rings. The maximum atomic E-state index is 12.9. The van der Waals surface area contributed by atoms with Crippen LogP contribution in [0.1, 0.15) is 56.8 Å². The number of ether oxygens (including phenoxy) is 2. The van der Waals surface area contributed by atoms with Gasteiger partial charge in [-0.2, -0.15) is 0 Å². The Bertz CT molecular complexity index is 862. The quantitative estimate of drug-likeness (QED) is 0.644. The molecule has 1 aromatic carbocycles. The monoisotopic (exact) mass is 424 g/mol. The van der Waals surface area contributed by atoms with Gasteiger partial charge >= 0.3 is 6.36 Å². The van der Waals surface area contributed by atoms with Crippen LogP contribution in [0.15, 0.2) is 28.8 Å². The number of nitrogens with one attached hydrogen (secondary N) is 1. The summed E-state index contributed by atoms with van der Waals surface area (Å²) in [6.45, 7) is 5.52. The molecule has 8 heteroatoms. The maximum absolute atomic E-state index is 12.9. The van der Waals surface area contributed by atoms with E-state index in [1.807, 2.05) is 0 Å². The summed E-state index contributed by atoms with van der Waals surface area (Å²) in [4.78, 5) is 0. The van der Waals surface area contributed by atoms with Crippen molar-refractivity contribution in [1.82, 2.24) is 10.5 Å². The summed E-state index contributed by atoms with van der Waals surface area (Å²) in [6, 6.07) is 6.42. The third-order valence-corrected chi connectivity index (χ3v) is 5.79. The van der Waals surface area contributed by atoms with Crippen LogP contribution in [0, 0.1) is 5.92 Å². The van der Waals surface area contributed by atoms with Crippen LogP contribution in [0.4, 0.5) is 13.2 Å². The summed E-state index contributed by atoms with van der Waals surface area (Å²) >= 11 is 0. The van der Waals surface area contributed by atoms with E-state index in [-0.39, 0.29) is 29.9 Å². The van der Waals surface area contributed by atoms with Gasteiger partial charge in [-0.15, -0.1) is 13.2 Å². The van der Waals surface area contributed by atoms with Gasteiger partial charge in [-0.3, -0.25) is 0 Å². The zero-order chi connectivity index (χ0) is 21.3. The smallest absolute Gasteiger partial charge is 0.405 e. The normalized spacial score (nSPS) is 22.5. The molecule has 1 saturated heterocycles. The Morgan fingerprint density at radius 3 is 2.67 bits per heavy atom. The van der Waals surface area contributed by atoms with Crippen LogP contribution >= 0.6 is 0 Å². The number of hydrogen-bond donors (Lipinski definition) is 1. The molecule has 2 aliphatic rings. The Kier molecular flexibility index (Phi) is 6.06. The van der Waals surface area contributed by atoms with Crippen molar-refractivity contribution in [2.45, 2.75) is 70.6 Å². The number of aromatic nitrogens is 1. The van der Waals surface area contributed by atoms with Crippen LogP contribution in [0.2, 0.25) is 0 Å². The zero-order valence-electron chi connectivity index (χ0n) is 17.2. The molecule has 2 atom stereocenters. The standard InChI is InChI=1S/C22H27F3N2O3/c1-13(2)18-11-15(9-10-26-18)28-12-17-20(27-30-21(17)14-7-8-14)16-5-3-4-6-19(16)29-22(23,24)25/h3-6,13-15,18,26H,7-12H2,1-2H3. The molecule has 1 aromatic heterocycles. The number of benzene rings is 1. The van der Waals surface area contributed by atoms with Crippen molar-refractivity contribution in [3.63, 3.8) is 0 Å². The first-order chi connectivity index (χ1) is 14.3. The first-order valence-corrected chi connectivity index (χ1v) is 10.5. The van der Waals surface area contributed by atoms with E-state index in [4.69, 9.17) is 9.26 Å². The lowest BCUT2D eigenvalue weighted by atomic mass is 9.93. The predicted molar refractivity (Wildman–Crippen MR) is 105 cm³/mol. The van der Waals surface area contributed by atoms with Gasteiger partial charge in [0.25, 0.3) is 0 Å². The first-order valence-electron chi connectivity index (χ1n) is 10.5. The number of piperidine rings is 1. The van der Waals surface area contributed by atoms with Crippen LogP contribution in [-0.4, -0.2) is 30.2 Å². The van der Waals surface area contributed by atoms with E-state index in [1.165, 1.54) is 12.1 Å². The van der Waals surface area contributed by atoms with Crippen molar-refractivity contribution in [2.75, 3.05) is 6.54 Å². The summed E-state index contributed by atoms with van der Waals surface area (Å²) in [5.41, 5.74) is 1.36. The SMILES string of the molecule is CC(C)C1CC(OCc2c(-c3ccccc3OC(F)(F)F)noc2C2CC2)CCN1. The molecule has 1 aliphatic carbocycles. The van der Waals surface area contributed by atoms with E-state index < -0.39 is 6.36 Å². The molecule has 0 amide bonds. The second kappa shape index (κ2) is 8.59. The molecule has 164 valence electrons. The second-order valence-corrected chi connectivity index (χ2v) is 8.45. The van der Waals surface area contributed by atoms with Crippen molar-refractivity contribution in [3.8, 4) is 17.0 Å². The number of rotatable bonds is 7. The van der Waals surface area contributed by atoms with Gasteiger partial charge in [0.05, 0.1) is 12.7 Å². The molecule has 1 N–H and O–H groups in total. The Morgan fingerprint density at radius 2 is 1.97 bits per heavy atom. The van der Waals surface area contributed by atoms with Gasteiger partial charge in [0.15, 0.2) is 0 Å². The summed E-state index contributed by atoms with van der Waals surface area (Å²) < 4.78 is 54.7. The molecular weight excluding hydrogens is 397 g/mol. The first kappa shape index (κ1) is 21.2. The molecule has 1 aliphatic heterocycles. The minimum atomic E-state index is -4.78. The third kappa shape index (κ3) is 4.98. The summed E-state index contributed by atoms with van der Waals surface area (Å²) in [5.74, 6) is 1.21. The van der Waals surface area contributed by atoms with E-state index in [2.05, 4.69) is 29.1 Å². The van der Waals surface area contributed by atoms with Gasteiger partial charge < -0.3 is 19.3 Å². The zero-order valence-corrected chi connectivity index (χ0v) is 17.2. The van der Waals surface area contributed by atoms with Gasteiger partial charge in [0, 0.05) is 23.1 Å². The largest absolute Gasteiger partial charge is 0.573 e. The fraction of sp³-hybridized carbons (Fsp3) is 0.591. The van der Waals surface area contributed by atoms with Gasteiger partial charge in [0.1, 0.15) is 17.2 Å². The molecule has 0 spiro atoms. The molecule has 2 heterocycles. The number of halogens is 3. The van der Waals surface area contributed by atoms with Crippen molar-refractivity contribution in [1.29, 1.82) is 0 Å². The molecule has 2 unspecified atom stereocenters. The summed E-state index contributed by atoms with van der Waals surface area (Å²) in [5, 5.41) is 7.64. The highest BCUT2D eigenvalue weighted by Crippen LogP contribution is 2.45. The van der Waals surface area contributed by atoms with Crippen molar-refractivity contribution >= 4 is 0 Å². The lowest BCUT2D eigenvalue weighted by Crippen LogP contribution is -2.44. The van der Waals surface area contributed by atoms with Crippen molar-refractivity contribution < 1.29 is 27.2 Å². The molecule has 5 nitrogen and oxygen atoms in total. The average molecular weight is 424 g/mol. The molecule has 2 fully saturated rings. The predicted octanol–water partition coefficient (Wildman–Crippen LogP) is 5.41. The van der Waals surface area contributed by atoms with E-state index >= 15 is 0 Å². The molecule has 1 saturated carbocycles. The third-order valence-electron chi connectivity index (χ3n) is 5.79. The molecule has 30 heavy (non-hydrogen) atoms. The minimum Gasteiger partial charge on any atom is -0.405 e. The highest BCUT2D eigenvalue weighted by molar-refractivity contribution is 5.70. The van der Waals surface area contributed by atoms with Gasteiger partial charge in [0.2, 0.25) is 0 Å². The fourth-order valence-corrected chi connectivity index (χ4v) is 3.99. The van der Waals surface area contributed by atoms with E-state index in [0.29, 0.717) is 17.7 Å². The molecule has 4 rings (SSSR count). The molecule has 0 bridgehead atoms. The Morgan fingerprint density at radius 1 is 1.20 bits per heavy atom. The highest BCUT2D eigenvalue weighted by atomic mass is 19.4. The van der Waals surface area contributed by atoms with Crippen LogP contribution in [0.5, 0.6) is 5.75 Å². The van der Waals surface area contributed by atoms with Crippen LogP contribution < -0.4 is 10.1 Å². The summed E-state index contributed by atoms with van der Waals surface area (Å²) in [6.07, 6.45) is -0.899. The van der Waals surface area contributed by atoms with Gasteiger partial charge in [-0.05, 0) is 50.3 Å². The summed E-state index contributed by atoms with van der Waals surface area (Å²) in [7, 11) is 0. The fourth-order valence-electron chi connectivity index (χ4n) is 3.99. The van der Waals surface area contributed by atoms with E-state index in [0.717, 1.165) is 43.6 Å². The van der Waals surface area contributed by atoms with E-state index in [1.54, 1.807) is 12.1 Å². The van der Waals surface area contributed by atoms with E-state index in [9.17, 15) is 13.2 Å². The van der Waals surface area contributed by atoms with Gasteiger partial charge in [-0.25, -0.2) is 0 Å². The Labute approximate surface area is 173 Å². The molecular formula is C22H27F3N2O3. The number of nitrogens with zero attached hydrogens (tertiary/aromatic N) is 1. The van der Waals surface area contributed by atoms with Crippen molar-refractivity contribution in [3.05, 3.63) is 35.6 Å². The van der Waals surface area contributed by atoms with Crippen molar-refractivity contribution in [2.24, 2.45) is 5.92 Å². The highest BCUT2D eigenvalue weighted by Gasteiger charge is 2.36. The Balaban J connectivity index is 1.58. The van der Waals surface area contributed by atoms with Gasteiger partial charge in [-0.1, -0.05) is 31.1 Å². The Hall–Kier alpha value is -2.06. The lowest BCUT2D eigenvalue weighted by molar-refractivity contribution is -0.274. The van der Waals surface area contributed by atoms with Crippen LogP contribution in [0.25, 0.3) is 11.3 Å². The van der Waals surface area contributed by atoms with Crippen LogP contribution in [0.3, 0.4) is 0 Å². The lowest BCUT2D eigenvalue weighted by Gasteiger charge is -2.32. The minimum absolute atomic E-state index is 0.0927.